The van der Waals surface area contributed by atoms with Crippen LogP contribution in [0.15, 0.2) is 36.4 Å². The molecule has 0 aliphatic rings. The lowest BCUT2D eigenvalue weighted by Crippen LogP contribution is -2.27. The summed E-state index contributed by atoms with van der Waals surface area (Å²) >= 11 is 5.95. The highest BCUT2D eigenvalue weighted by molar-refractivity contribution is 6.30. The molecule has 0 saturated carbocycles. The average molecular weight is 365 g/mol. The maximum atomic E-state index is 13.9. The highest BCUT2D eigenvalue weighted by Gasteiger charge is 2.17. The van der Waals surface area contributed by atoms with Gasteiger partial charge in [-0.2, -0.15) is 0 Å². The molecule has 0 spiro atoms. The van der Waals surface area contributed by atoms with Crippen molar-refractivity contribution >= 4 is 29.1 Å². The first-order chi connectivity index (χ1) is 11.6. The Morgan fingerprint density at radius 1 is 1.20 bits per heavy atom. The number of amides is 1. The first-order valence-electron chi connectivity index (χ1n) is 7.92. The Balaban J connectivity index is 2.06. The number of nitrogens with one attached hydrogen (secondary N) is 2. The number of anilines is 2. The average Bonchev–Trinajstić information content (AvgIpc) is 2.47. The highest BCUT2D eigenvalue weighted by atomic mass is 35.5. The summed E-state index contributed by atoms with van der Waals surface area (Å²) in [5.74, 6) is -0.529. The van der Waals surface area contributed by atoms with E-state index in [2.05, 4.69) is 10.6 Å². The van der Waals surface area contributed by atoms with Crippen LogP contribution in [0.1, 0.15) is 31.9 Å². The van der Waals surface area contributed by atoms with Crippen molar-refractivity contribution in [1.29, 1.82) is 0 Å². The molecule has 0 aromatic heterocycles. The second-order valence-corrected chi connectivity index (χ2v) is 7.18. The topological polar surface area (TPSA) is 50.4 Å². The van der Waals surface area contributed by atoms with Gasteiger partial charge in [-0.15, -0.1) is 0 Å². The Hall–Kier alpha value is -2.27. The molecule has 0 heterocycles. The quantitative estimate of drug-likeness (QED) is 0.726. The molecule has 0 saturated heterocycles. The van der Waals surface area contributed by atoms with Crippen molar-refractivity contribution in [2.45, 2.75) is 39.8 Å². The molecule has 6 heteroatoms. The molecule has 0 aliphatic carbocycles. The summed E-state index contributed by atoms with van der Waals surface area (Å²) in [6, 6.07) is 10.1. The number of carbonyl (C=O) groups excluding carboxylic acids is 1. The van der Waals surface area contributed by atoms with Gasteiger partial charge in [0.1, 0.15) is 11.4 Å². The third-order valence-electron chi connectivity index (χ3n) is 3.39. The van der Waals surface area contributed by atoms with Crippen molar-refractivity contribution < 1.29 is 13.9 Å². The standard InChI is InChI=1S/C19H22ClFN2O2/c1-12-9-14(20)6-5-13(12)11-22-15-7-8-16(21)17(10-15)23-18(24)25-19(2,3)4/h5-10,22H,11H2,1-4H3,(H,23,24). The second-order valence-electron chi connectivity index (χ2n) is 6.75. The number of hydrogen-bond acceptors (Lipinski definition) is 3. The smallest absolute Gasteiger partial charge is 0.412 e. The van der Waals surface area contributed by atoms with Crippen LogP contribution in [0, 0.1) is 12.7 Å². The molecular weight excluding hydrogens is 343 g/mol. The summed E-state index contributed by atoms with van der Waals surface area (Å²) in [5, 5.41) is 6.33. The van der Waals surface area contributed by atoms with E-state index in [-0.39, 0.29) is 5.69 Å². The van der Waals surface area contributed by atoms with Crippen molar-refractivity contribution in [3.05, 3.63) is 58.4 Å². The van der Waals surface area contributed by atoms with Crippen LogP contribution in [0.3, 0.4) is 0 Å². The van der Waals surface area contributed by atoms with Gasteiger partial charge < -0.3 is 10.1 Å². The molecule has 0 aliphatic heterocycles. The monoisotopic (exact) mass is 364 g/mol. The predicted octanol–water partition coefficient (Wildman–Crippen LogP) is 5.75. The number of benzene rings is 2. The molecule has 2 aromatic rings. The Morgan fingerprint density at radius 3 is 2.56 bits per heavy atom. The largest absolute Gasteiger partial charge is 0.444 e. The third kappa shape index (κ3) is 5.94. The van der Waals surface area contributed by atoms with E-state index in [0.29, 0.717) is 17.3 Å². The summed E-state index contributed by atoms with van der Waals surface area (Å²) in [6.45, 7) is 7.77. The van der Waals surface area contributed by atoms with E-state index in [9.17, 15) is 9.18 Å². The van der Waals surface area contributed by atoms with Gasteiger partial charge in [0.25, 0.3) is 0 Å². The van der Waals surface area contributed by atoms with Gasteiger partial charge in [0.05, 0.1) is 5.69 Å². The molecule has 2 rings (SSSR count). The molecule has 25 heavy (non-hydrogen) atoms. The maximum absolute atomic E-state index is 13.9. The van der Waals surface area contributed by atoms with Gasteiger partial charge in [0.2, 0.25) is 0 Å². The molecule has 4 nitrogen and oxygen atoms in total. The van der Waals surface area contributed by atoms with Crippen LogP contribution in [0.2, 0.25) is 5.02 Å². The zero-order valence-electron chi connectivity index (χ0n) is 14.7. The van der Waals surface area contributed by atoms with Gasteiger partial charge in [0.15, 0.2) is 0 Å². The van der Waals surface area contributed by atoms with E-state index in [0.717, 1.165) is 11.1 Å². The molecule has 1 amide bonds. The Kier molecular flexibility index (Phi) is 5.90. The molecule has 0 radical (unpaired) electrons. The zero-order chi connectivity index (χ0) is 18.6. The number of rotatable bonds is 4. The fourth-order valence-electron chi connectivity index (χ4n) is 2.20. The van der Waals surface area contributed by atoms with Crippen molar-refractivity contribution in [3.8, 4) is 0 Å². The van der Waals surface area contributed by atoms with E-state index < -0.39 is 17.5 Å². The van der Waals surface area contributed by atoms with Crippen molar-refractivity contribution in [2.75, 3.05) is 10.6 Å². The summed E-state index contributed by atoms with van der Waals surface area (Å²) in [7, 11) is 0. The molecule has 0 unspecified atom stereocenters. The van der Waals surface area contributed by atoms with Gasteiger partial charge in [-0.3, -0.25) is 5.32 Å². The van der Waals surface area contributed by atoms with Crippen LogP contribution in [0.25, 0.3) is 0 Å². The molecule has 0 atom stereocenters. The normalized spacial score (nSPS) is 11.1. The Bertz CT molecular complexity index is 773. The minimum atomic E-state index is -0.697. The summed E-state index contributed by atoms with van der Waals surface area (Å²) in [6.07, 6.45) is -0.697. The van der Waals surface area contributed by atoms with Crippen LogP contribution in [-0.2, 0) is 11.3 Å². The molecule has 0 fully saturated rings. The highest BCUT2D eigenvalue weighted by Crippen LogP contribution is 2.22. The van der Waals surface area contributed by atoms with E-state index in [1.807, 2.05) is 25.1 Å². The number of hydrogen-bond donors (Lipinski definition) is 2. The van der Waals surface area contributed by atoms with E-state index in [1.54, 1.807) is 26.8 Å². The summed E-state index contributed by atoms with van der Waals surface area (Å²) in [4.78, 5) is 11.8. The van der Waals surface area contributed by atoms with Crippen LogP contribution in [0.4, 0.5) is 20.6 Å². The van der Waals surface area contributed by atoms with Gasteiger partial charge >= 0.3 is 6.09 Å². The predicted molar refractivity (Wildman–Crippen MR) is 99.8 cm³/mol. The van der Waals surface area contributed by atoms with Crippen LogP contribution >= 0.6 is 11.6 Å². The lowest BCUT2D eigenvalue weighted by Gasteiger charge is -2.20. The van der Waals surface area contributed by atoms with Crippen LogP contribution < -0.4 is 10.6 Å². The minimum absolute atomic E-state index is 0.0621. The Labute approximate surface area is 152 Å². The number of carbonyl (C=O) groups is 1. The Morgan fingerprint density at radius 2 is 1.92 bits per heavy atom. The van der Waals surface area contributed by atoms with Crippen LogP contribution in [-0.4, -0.2) is 11.7 Å². The van der Waals surface area contributed by atoms with Gasteiger partial charge in [-0.25, -0.2) is 9.18 Å². The van der Waals surface area contributed by atoms with Crippen molar-refractivity contribution in [1.82, 2.24) is 0 Å². The van der Waals surface area contributed by atoms with E-state index in [4.69, 9.17) is 16.3 Å². The van der Waals surface area contributed by atoms with Gasteiger partial charge in [-0.05, 0) is 69.2 Å². The first-order valence-corrected chi connectivity index (χ1v) is 8.30. The molecule has 0 bridgehead atoms. The number of halogens is 2. The van der Waals surface area contributed by atoms with Gasteiger partial charge in [-0.1, -0.05) is 17.7 Å². The van der Waals surface area contributed by atoms with Crippen LogP contribution in [0.5, 0.6) is 0 Å². The maximum Gasteiger partial charge on any atom is 0.412 e. The number of aryl methyl sites for hydroxylation is 1. The van der Waals surface area contributed by atoms with Crippen molar-refractivity contribution in [2.24, 2.45) is 0 Å². The first kappa shape index (κ1) is 19.1. The fourth-order valence-corrected chi connectivity index (χ4v) is 2.43. The zero-order valence-corrected chi connectivity index (χ0v) is 15.5. The fraction of sp³-hybridized carbons (Fsp3) is 0.316. The molecular formula is C19H22ClFN2O2. The lowest BCUT2D eigenvalue weighted by atomic mass is 10.1. The third-order valence-corrected chi connectivity index (χ3v) is 3.62. The number of ether oxygens (including phenoxy) is 1. The summed E-state index contributed by atoms with van der Waals surface area (Å²) in [5.41, 5.74) is 2.24. The van der Waals surface area contributed by atoms with Gasteiger partial charge in [0, 0.05) is 17.3 Å². The molecule has 134 valence electrons. The molecule has 2 N–H and O–H groups in total. The SMILES string of the molecule is Cc1cc(Cl)ccc1CNc1ccc(F)c(NC(=O)OC(C)(C)C)c1. The van der Waals surface area contributed by atoms with E-state index in [1.165, 1.54) is 12.1 Å². The minimum Gasteiger partial charge on any atom is -0.444 e. The van der Waals surface area contributed by atoms with Crippen molar-refractivity contribution in [3.63, 3.8) is 0 Å². The summed E-state index contributed by atoms with van der Waals surface area (Å²) < 4.78 is 19.1. The molecule has 2 aromatic carbocycles. The second kappa shape index (κ2) is 7.74. The van der Waals surface area contributed by atoms with E-state index >= 15 is 0 Å². The lowest BCUT2D eigenvalue weighted by molar-refractivity contribution is 0.0635.